The number of hydrogen-bond donors (Lipinski definition) is 2. The van der Waals surface area contributed by atoms with Gasteiger partial charge in [-0.2, -0.15) is 0 Å². The van der Waals surface area contributed by atoms with Crippen molar-refractivity contribution < 1.29 is 4.74 Å². The number of para-hydroxylation sites is 1. The Bertz CT molecular complexity index is 531. The first kappa shape index (κ1) is 12.3. The van der Waals surface area contributed by atoms with Gasteiger partial charge < -0.3 is 15.8 Å². The Morgan fingerprint density at radius 2 is 2.00 bits per heavy atom. The summed E-state index contributed by atoms with van der Waals surface area (Å²) in [6.07, 6.45) is 1.67. The van der Waals surface area contributed by atoms with Crippen molar-refractivity contribution in [2.24, 2.45) is 5.73 Å². The highest BCUT2D eigenvalue weighted by atomic mass is 32.1. The molecule has 5 heteroatoms. The second-order valence-electron chi connectivity index (χ2n) is 3.60. The van der Waals surface area contributed by atoms with Crippen LogP contribution >= 0.6 is 12.2 Å². The van der Waals surface area contributed by atoms with Gasteiger partial charge in [-0.1, -0.05) is 24.3 Å². The van der Waals surface area contributed by atoms with Gasteiger partial charge >= 0.3 is 0 Å². The smallest absolute Gasteiger partial charge is 0.169 e. The zero-order chi connectivity index (χ0) is 12.8. The van der Waals surface area contributed by atoms with Crippen molar-refractivity contribution in [2.45, 2.75) is 6.61 Å². The number of aromatic nitrogens is 1. The van der Waals surface area contributed by atoms with E-state index in [0.717, 1.165) is 11.3 Å². The van der Waals surface area contributed by atoms with Gasteiger partial charge in [0.1, 0.15) is 18.2 Å². The molecule has 0 atom stereocenters. The summed E-state index contributed by atoms with van der Waals surface area (Å²) in [5.41, 5.74) is 6.34. The number of anilines is 1. The molecule has 4 nitrogen and oxygen atoms in total. The quantitative estimate of drug-likeness (QED) is 0.825. The lowest BCUT2D eigenvalue weighted by molar-refractivity contribution is 0.306. The van der Waals surface area contributed by atoms with Crippen LogP contribution in [0.2, 0.25) is 0 Å². The number of nitrogens with zero attached hydrogens (tertiary/aromatic N) is 1. The topological polar surface area (TPSA) is 60.2 Å². The van der Waals surface area contributed by atoms with E-state index in [-0.39, 0.29) is 5.11 Å². The molecule has 0 radical (unpaired) electrons. The van der Waals surface area contributed by atoms with Gasteiger partial charge in [-0.25, -0.2) is 4.98 Å². The molecular formula is C13H13N3OS. The molecule has 92 valence electrons. The molecule has 0 aliphatic heterocycles. The molecule has 1 heterocycles. The van der Waals surface area contributed by atoms with Crippen molar-refractivity contribution in [1.29, 1.82) is 0 Å². The number of benzene rings is 1. The number of nitrogens with one attached hydrogen (secondary N) is 1. The van der Waals surface area contributed by atoms with Crippen molar-refractivity contribution in [1.82, 2.24) is 4.98 Å². The molecule has 0 aliphatic rings. The first-order chi connectivity index (χ1) is 8.75. The zero-order valence-corrected chi connectivity index (χ0v) is 10.5. The molecule has 3 N–H and O–H groups in total. The van der Waals surface area contributed by atoms with E-state index < -0.39 is 0 Å². The lowest BCUT2D eigenvalue weighted by atomic mass is 10.2. The summed E-state index contributed by atoms with van der Waals surface area (Å²) in [4.78, 5) is 4.17. The summed E-state index contributed by atoms with van der Waals surface area (Å²) >= 11 is 4.80. The Hall–Kier alpha value is -2.14. The number of ether oxygens (including phenoxy) is 1. The predicted molar refractivity (Wildman–Crippen MR) is 75.4 cm³/mol. The minimum atomic E-state index is 0.190. The Morgan fingerprint density at radius 1 is 1.22 bits per heavy atom. The minimum absolute atomic E-state index is 0.190. The number of rotatable bonds is 4. The fourth-order valence-electron chi connectivity index (χ4n) is 1.46. The molecule has 2 aromatic rings. The third-order valence-corrected chi connectivity index (χ3v) is 2.37. The second kappa shape index (κ2) is 5.97. The van der Waals surface area contributed by atoms with Crippen LogP contribution in [0.1, 0.15) is 5.56 Å². The van der Waals surface area contributed by atoms with E-state index in [1.54, 1.807) is 6.20 Å². The fourth-order valence-corrected chi connectivity index (χ4v) is 1.56. The van der Waals surface area contributed by atoms with Crippen molar-refractivity contribution in [3.63, 3.8) is 0 Å². The van der Waals surface area contributed by atoms with Crippen molar-refractivity contribution in [3.8, 4) is 5.75 Å². The molecule has 0 bridgehead atoms. The van der Waals surface area contributed by atoms with Crippen LogP contribution in [0.15, 0.2) is 48.7 Å². The second-order valence-corrected chi connectivity index (χ2v) is 4.04. The molecule has 0 amide bonds. The highest BCUT2D eigenvalue weighted by Crippen LogP contribution is 2.15. The van der Waals surface area contributed by atoms with Gasteiger partial charge in [-0.3, -0.25) is 0 Å². The summed E-state index contributed by atoms with van der Waals surface area (Å²) in [6.45, 7) is 0.406. The number of pyridine rings is 1. The zero-order valence-electron chi connectivity index (χ0n) is 9.67. The van der Waals surface area contributed by atoms with E-state index in [2.05, 4.69) is 10.3 Å². The molecular weight excluding hydrogens is 246 g/mol. The molecule has 0 saturated heterocycles. The summed E-state index contributed by atoms with van der Waals surface area (Å²) in [5, 5.41) is 3.02. The Balaban J connectivity index is 2.07. The minimum Gasteiger partial charge on any atom is -0.489 e. The average molecular weight is 259 g/mol. The Labute approximate surface area is 111 Å². The predicted octanol–water partition coefficient (Wildman–Crippen LogP) is 2.32. The highest BCUT2D eigenvalue weighted by molar-refractivity contribution is 7.80. The molecule has 0 fully saturated rings. The maximum atomic E-state index is 5.65. The van der Waals surface area contributed by atoms with Crippen LogP contribution < -0.4 is 15.8 Å². The van der Waals surface area contributed by atoms with Crippen LogP contribution in [0, 0.1) is 0 Å². The van der Waals surface area contributed by atoms with E-state index in [1.165, 1.54) is 0 Å². The van der Waals surface area contributed by atoms with Crippen LogP contribution in [0.3, 0.4) is 0 Å². The lowest BCUT2D eigenvalue weighted by Crippen LogP contribution is -2.21. The summed E-state index contributed by atoms with van der Waals surface area (Å²) in [7, 11) is 0. The number of hydrogen-bond acceptors (Lipinski definition) is 3. The molecule has 0 spiro atoms. The maximum absolute atomic E-state index is 5.65. The van der Waals surface area contributed by atoms with Crippen LogP contribution in [0.5, 0.6) is 5.75 Å². The van der Waals surface area contributed by atoms with E-state index in [4.69, 9.17) is 22.7 Å². The number of nitrogens with two attached hydrogens (primary N) is 1. The van der Waals surface area contributed by atoms with Gasteiger partial charge in [-0.15, -0.1) is 0 Å². The van der Waals surface area contributed by atoms with Crippen LogP contribution in [-0.2, 0) is 6.61 Å². The van der Waals surface area contributed by atoms with Gasteiger partial charge in [0.25, 0.3) is 0 Å². The average Bonchev–Trinajstić information content (AvgIpc) is 2.38. The van der Waals surface area contributed by atoms with E-state index in [1.807, 2.05) is 42.5 Å². The van der Waals surface area contributed by atoms with Crippen LogP contribution in [0.25, 0.3) is 0 Å². The third-order valence-electron chi connectivity index (χ3n) is 2.27. The Morgan fingerprint density at radius 3 is 2.72 bits per heavy atom. The maximum Gasteiger partial charge on any atom is 0.169 e. The van der Waals surface area contributed by atoms with Crippen molar-refractivity contribution in [2.75, 3.05) is 5.32 Å². The largest absolute Gasteiger partial charge is 0.489 e. The molecule has 0 saturated carbocycles. The van der Waals surface area contributed by atoms with Crippen LogP contribution in [0.4, 0.5) is 5.82 Å². The van der Waals surface area contributed by atoms with E-state index in [9.17, 15) is 0 Å². The molecule has 18 heavy (non-hydrogen) atoms. The SMILES string of the molecule is NC(=S)Nc1ncccc1COc1ccccc1. The molecule has 2 rings (SSSR count). The standard InChI is InChI=1S/C13H13N3OS/c14-13(18)16-12-10(5-4-8-15-12)9-17-11-6-2-1-3-7-11/h1-8H,9H2,(H3,14,15,16,18). The molecule has 1 aromatic carbocycles. The van der Waals surface area contributed by atoms with Gasteiger partial charge in [-0.05, 0) is 30.4 Å². The van der Waals surface area contributed by atoms with Gasteiger partial charge in [0.05, 0.1) is 0 Å². The Kier molecular flexibility index (Phi) is 4.09. The van der Waals surface area contributed by atoms with Gasteiger partial charge in [0.2, 0.25) is 0 Å². The highest BCUT2D eigenvalue weighted by Gasteiger charge is 2.04. The summed E-state index contributed by atoms with van der Waals surface area (Å²) < 4.78 is 5.65. The van der Waals surface area contributed by atoms with Gasteiger partial charge in [0.15, 0.2) is 5.11 Å². The first-order valence-electron chi connectivity index (χ1n) is 5.44. The van der Waals surface area contributed by atoms with E-state index >= 15 is 0 Å². The summed E-state index contributed by atoms with van der Waals surface area (Å²) in [6, 6.07) is 13.3. The lowest BCUT2D eigenvalue weighted by Gasteiger charge is -2.10. The molecule has 0 unspecified atom stereocenters. The van der Waals surface area contributed by atoms with Crippen LogP contribution in [-0.4, -0.2) is 10.1 Å². The number of thiocarbonyl (C=S) groups is 1. The third kappa shape index (κ3) is 3.43. The monoisotopic (exact) mass is 259 g/mol. The first-order valence-corrected chi connectivity index (χ1v) is 5.85. The fraction of sp³-hybridized carbons (Fsp3) is 0.0769. The van der Waals surface area contributed by atoms with Crippen molar-refractivity contribution >= 4 is 23.1 Å². The molecule has 0 aliphatic carbocycles. The van der Waals surface area contributed by atoms with E-state index in [0.29, 0.717) is 12.4 Å². The van der Waals surface area contributed by atoms with Crippen molar-refractivity contribution in [3.05, 3.63) is 54.2 Å². The normalized spacial score (nSPS) is 9.78. The summed E-state index contributed by atoms with van der Waals surface area (Å²) in [5.74, 6) is 1.43. The molecule has 1 aromatic heterocycles. The van der Waals surface area contributed by atoms with Gasteiger partial charge in [0, 0.05) is 11.8 Å².